The van der Waals surface area contributed by atoms with Gasteiger partial charge in [-0.25, -0.2) is 0 Å². The molecule has 0 bridgehead atoms. The normalized spacial score (nSPS) is 23.5. The Balaban J connectivity index is 1.54. The summed E-state index contributed by atoms with van der Waals surface area (Å²) >= 11 is 0. The van der Waals surface area contributed by atoms with Crippen LogP contribution in [0.4, 0.5) is 0 Å². The van der Waals surface area contributed by atoms with E-state index in [-0.39, 0.29) is 5.39 Å². The molecule has 11 rings (SSSR count). The fourth-order valence-electron chi connectivity index (χ4n) is 6.81. The number of fused-ring (bicyclic) bond motifs is 3. The van der Waals surface area contributed by atoms with Crippen LogP contribution in [0.3, 0.4) is 0 Å². The van der Waals surface area contributed by atoms with E-state index in [2.05, 4.69) is 0 Å². The Morgan fingerprint density at radius 2 is 0.872 bits per heavy atom. The standard InChI is InChI=1S/C47H30/c1-47(2)41-12-4-3-11-36(41)40-26-33(34-21-17-31-15-13-27-7-5-9-29-19-23-37(34)44(31)42(27)29)25-39(46(40)47)35-22-18-32-16-14-28-8-6-10-30-20-24-38(35)45(32)43(28)30/h3-26H,1-2H3/i1D3,2D3,3D,4D,5D,6D,7D,8D,9D,10D,11D,12D,13D,14D,15D,16D,17D,18D,19D,20D,21D,22D,23D,24D,25D,26D. The van der Waals surface area contributed by atoms with Gasteiger partial charge in [-0.2, -0.15) is 0 Å². The second kappa shape index (κ2) is 8.75. The van der Waals surface area contributed by atoms with Gasteiger partial charge in [-0.15, -0.1) is 0 Å². The van der Waals surface area contributed by atoms with Crippen molar-refractivity contribution in [3.63, 3.8) is 0 Å². The van der Waals surface area contributed by atoms with Crippen LogP contribution in [0.15, 0.2) is 145 Å². The van der Waals surface area contributed by atoms with Crippen molar-refractivity contribution in [2.45, 2.75) is 19.1 Å². The first kappa shape index (κ1) is 10.1. The van der Waals surface area contributed by atoms with Crippen molar-refractivity contribution >= 4 is 64.6 Å². The molecule has 10 aromatic carbocycles. The maximum absolute atomic E-state index is 10.4. The molecule has 0 unspecified atom stereocenters. The van der Waals surface area contributed by atoms with Gasteiger partial charge in [-0.1, -0.05) is 147 Å². The van der Waals surface area contributed by atoms with Gasteiger partial charge >= 0.3 is 0 Å². The topological polar surface area (TPSA) is 0 Å². The molecule has 0 aliphatic heterocycles. The highest BCUT2D eigenvalue weighted by molar-refractivity contribution is 6.27. The molecule has 0 saturated heterocycles. The minimum atomic E-state index is -4.04. The predicted molar refractivity (Wildman–Crippen MR) is 202 cm³/mol. The molecule has 0 radical (unpaired) electrons. The van der Waals surface area contributed by atoms with Gasteiger partial charge in [0.15, 0.2) is 0 Å². The summed E-state index contributed by atoms with van der Waals surface area (Å²) in [6, 6.07) is -23.4. The summed E-state index contributed by atoms with van der Waals surface area (Å²) in [6.07, 6.45) is 0. The molecular formula is C47H30. The van der Waals surface area contributed by atoms with Gasteiger partial charge in [0.1, 0.15) is 0 Å². The molecule has 0 N–H and O–H groups in total. The van der Waals surface area contributed by atoms with Crippen LogP contribution in [-0.4, -0.2) is 0 Å². The highest BCUT2D eigenvalue weighted by atomic mass is 14.4. The van der Waals surface area contributed by atoms with Crippen molar-refractivity contribution in [2.24, 2.45) is 0 Å². The van der Waals surface area contributed by atoms with Gasteiger partial charge in [0.05, 0.1) is 32.9 Å². The maximum atomic E-state index is 10.4. The molecule has 0 aromatic heterocycles. The molecular weight excluding hydrogens is 565 g/mol. The smallest absolute Gasteiger partial charge is 0.0619 e. The Morgan fingerprint density at radius 1 is 0.404 bits per heavy atom. The Morgan fingerprint density at radius 3 is 1.47 bits per heavy atom. The summed E-state index contributed by atoms with van der Waals surface area (Å²) in [4.78, 5) is 0. The van der Waals surface area contributed by atoms with Gasteiger partial charge in [0.25, 0.3) is 0 Å². The molecule has 47 heavy (non-hydrogen) atoms. The van der Waals surface area contributed by atoms with Crippen molar-refractivity contribution in [3.05, 3.63) is 156 Å². The van der Waals surface area contributed by atoms with Gasteiger partial charge in [-0.3, -0.25) is 0 Å². The molecule has 10 aromatic rings. The van der Waals surface area contributed by atoms with Crippen LogP contribution in [-0.2, 0) is 5.41 Å². The first-order valence-electron chi connectivity index (χ1n) is 29.2. The summed E-state index contributed by atoms with van der Waals surface area (Å²) < 4.78 is 277. The molecule has 0 atom stereocenters. The molecule has 0 amide bonds. The van der Waals surface area contributed by atoms with Crippen molar-refractivity contribution in [2.75, 3.05) is 0 Å². The second-order valence-corrected chi connectivity index (χ2v) is 11.2. The lowest BCUT2D eigenvalue weighted by atomic mass is 9.77. The fourth-order valence-corrected chi connectivity index (χ4v) is 6.81. The maximum Gasteiger partial charge on any atom is 0.0636 e. The first-order chi connectivity index (χ1) is 35.6. The van der Waals surface area contributed by atoms with E-state index in [1.807, 2.05) is 0 Å². The third kappa shape index (κ3) is 3.23. The lowest BCUT2D eigenvalue weighted by Crippen LogP contribution is -2.16. The molecule has 0 saturated carbocycles. The zero-order valence-electron chi connectivity index (χ0n) is 53.5. The predicted octanol–water partition coefficient (Wildman–Crippen LogP) is 13.1. The minimum Gasteiger partial charge on any atom is -0.0619 e. The van der Waals surface area contributed by atoms with Crippen LogP contribution in [0.5, 0.6) is 0 Å². The quantitative estimate of drug-likeness (QED) is 0.168. The number of hydrogen-bond donors (Lipinski definition) is 0. The van der Waals surface area contributed by atoms with E-state index in [4.69, 9.17) is 16.4 Å². The van der Waals surface area contributed by atoms with Gasteiger partial charge in [-0.05, 0) is 121 Å². The van der Waals surface area contributed by atoms with E-state index in [0.29, 0.717) is 0 Å². The minimum absolute atomic E-state index is 0.389. The van der Waals surface area contributed by atoms with Crippen LogP contribution in [0.25, 0.3) is 98.0 Å². The van der Waals surface area contributed by atoms with Crippen LogP contribution in [0, 0.1) is 0 Å². The zero-order valence-corrected chi connectivity index (χ0v) is 23.5. The summed E-state index contributed by atoms with van der Waals surface area (Å²) in [7, 11) is 0. The van der Waals surface area contributed by atoms with Crippen LogP contribution < -0.4 is 0 Å². The highest BCUT2D eigenvalue weighted by Crippen LogP contribution is 2.55. The lowest BCUT2D eigenvalue weighted by Gasteiger charge is -2.26. The summed E-state index contributed by atoms with van der Waals surface area (Å²) in [6.45, 7) is -8.09. The van der Waals surface area contributed by atoms with Crippen LogP contribution >= 0.6 is 0 Å². The monoisotopic (exact) mass is 624 g/mol. The Bertz CT molecular complexity index is 4440. The molecule has 0 nitrogen and oxygen atoms in total. The fraction of sp³-hybridized carbons (Fsp3) is 0.0638. The SMILES string of the molecule is [2H]c1c([2H])c([2H])c2c(c1[2H])-c1c([2H])c(-c3c([2H])c([2H])c4c([2H])c([2H])c5c([2H])c([2H])c([2H])c6c([2H])c([2H])c3c4c56)c([2H])c(-c3c([2H])c([2H])c4c([2H])c([2H])c5c([2H])c([2H])c([2H])c6c([2H])c([2H])c3c4c56)c1C2(C([2H])([2H])[2H])C([2H])([2H])[2H]. The summed E-state index contributed by atoms with van der Waals surface area (Å²) in [5.74, 6) is 0. The van der Waals surface area contributed by atoms with Crippen molar-refractivity contribution in [3.8, 4) is 33.4 Å². The first-order valence-corrected chi connectivity index (χ1v) is 14.2. The van der Waals surface area contributed by atoms with Gasteiger partial charge in [0, 0.05) is 13.6 Å². The van der Waals surface area contributed by atoms with E-state index in [1.54, 1.807) is 0 Å². The van der Waals surface area contributed by atoms with Gasteiger partial charge < -0.3 is 0 Å². The highest BCUT2D eigenvalue weighted by Gasteiger charge is 2.38. The van der Waals surface area contributed by atoms with Crippen LogP contribution in [0.2, 0.25) is 0 Å². The van der Waals surface area contributed by atoms with E-state index >= 15 is 0 Å². The van der Waals surface area contributed by atoms with E-state index in [9.17, 15) is 24.7 Å². The number of hydrogen-bond acceptors (Lipinski definition) is 0. The lowest BCUT2D eigenvalue weighted by molar-refractivity contribution is 0.662. The molecule has 1 aliphatic rings. The molecule has 0 heteroatoms. The third-order valence-electron chi connectivity index (χ3n) is 8.81. The number of benzene rings is 10. The van der Waals surface area contributed by atoms with E-state index < -0.39 is 268 Å². The van der Waals surface area contributed by atoms with E-state index in [1.165, 1.54) is 0 Å². The molecule has 1 aliphatic carbocycles. The van der Waals surface area contributed by atoms with Crippen molar-refractivity contribution in [1.29, 1.82) is 0 Å². The summed E-state index contributed by atoms with van der Waals surface area (Å²) in [5, 5.41) is -6.57. The Labute approximate surface area is 315 Å². The largest absolute Gasteiger partial charge is 0.0636 e. The average molecular weight is 625 g/mol. The molecule has 0 fully saturated rings. The van der Waals surface area contributed by atoms with Crippen molar-refractivity contribution in [1.82, 2.24) is 0 Å². The summed E-state index contributed by atoms with van der Waals surface area (Å²) in [5.41, 5.74) is -12.1. The average Bonchev–Trinajstić information content (AvgIpc) is 3.70. The zero-order chi connectivity index (χ0) is 56.9. The van der Waals surface area contributed by atoms with E-state index in [0.717, 1.165) is 0 Å². The van der Waals surface area contributed by atoms with Gasteiger partial charge in [0.2, 0.25) is 0 Å². The second-order valence-electron chi connectivity index (χ2n) is 11.2. The van der Waals surface area contributed by atoms with Crippen molar-refractivity contribution < 1.29 is 41.1 Å². The number of rotatable bonds is 2. The Kier molecular flexibility index (Phi) is 1.89. The van der Waals surface area contributed by atoms with Crippen LogP contribution in [0.1, 0.15) is 66.0 Å². The molecule has 0 heterocycles. The molecule has 0 spiro atoms. The molecule has 218 valence electrons. The third-order valence-corrected chi connectivity index (χ3v) is 8.81. The Hall–Kier alpha value is -5.72.